The minimum atomic E-state index is 0. The standard InChI is InChI=1S/C17H24N4O2.ClH/c1-11-19-17(12-4-9-15(18)16(10-12)23-3)21(20-11)13-5-7-14(22-2)8-6-13;/h5-8,12,15-16H,4,9-10,18H2,1-3H3;1H/t12-,15+,16+;/m0./s1. The van der Waals surface area contributed by atoms with Crippen LogP contribution in [0.4, 0.5) is 0 Å². The minimum Gasteiger partial charge on any atom is -0.497 e. The molecule has 1 saturated carbocycles. The van der Waals surface area contributed by atoms with Crippen molar-refractivity contribution < 1.29 is 9.47 Å². The number of hydrogen-bond donors (Lipinski definition) is 1. The van der Waals surface area contributed by atoms with E-state index in [9.17, 15) is 0 Å². The van der Waals surface area contributed by atoms with E-state index in [-0.39, 0.29) is 24.6 Å². The van der Waals surface area contributed by atoms with Gasteiger partial charge in [-0.05, 0) is 50.5 Å². The molecule has 1 aliphatic rings. The van der Waals surface area contributed by atoms with Crippen LogP contribution in [0.5, 0.6) is 5.75 Å². The lowest BCUT2D eigenvalue weighted by molar-refractivity contribution is 0.0459. The minimum absolute atomic E-state index is 0. The normalized spacial score (nSPS) is 23.6. The van der Waals surface area contributed by atoms with Crippen molar-refractivity contribution in [1.82, 2.24) is 14.8 Å². The molecule has 2 aromatic rings. The number of benzene rings is 1. The number of ether oxygens (including phenoxy) is 2. The first-order valence-corrected chi connectivity index (χ1v) is 7.98. The van der Waals surface area contributed by atoms with Gasteiger partial charge in [-0.3, -0.25) is 0 Å². The van der Waals surface area contributed by atoms with Gasteiger partial charge in [0, 0.05) is 19.1 Å². The topological polar surface area (TPSA) is 75.2 Å². The summed E-state index contributed by atoms with van der Waals surface area (Å²) >= 11 is 0. The van der Waals surface area contributed by atoms with Crippen molar-refractivity contribution in [3.05, 3.63) is 35.9 Å². The van der Waals surface area contributed by atoms with Gasteiger partial charge in [0.2, 0.25) is 0 Å². The largest absolute Gasteiger partial charge is 0.497 e. The van der Waals surface area contributed by atoms with Crippen LogP contribution >= 0.6 is 12.4 Å². The van der Waals surface area contributed by atoms with Crippen LogP contribution in [0.1, 0.15) is 36.8 Å². The fourth-order valence-corrected chi connectivity index (χ4v) is 3.27. The smallest absolute Gasteiger partial charge is 0.148 e. The SMILES string of the molecule is COc1ccc(-n2nc(C)nc2[C@H]2CC[C@@H](N)[C@H](OC)C2)cc1.Cl. The van der Waals surface area contributed by atoms with E-state index in [1.165, 1.54) is 0 Å². The molecule has 3 atom stereocenters. The van der Waals surface area contributed by atoms with Crippen molar-refractivity contribution in [3.8, 4) is 11.4 Å². The van der Waals surface area contributed by atoms with Crippen molar-refractivity contribution in [3.63, 3.8) is 0 Å². The zero-order chi connectivity index (χ0) is 16.4. The van der Waals surface area contributed by atoms with E-state index >= 15 is 0 Å². The Morgan fingerprint density at radius 2 is 1.88 bits per heavy atom. The second-order valence-electron chi connectivity index (χ2n) is 6.08. The number of aryl methyl sites for hydroxylation is 1. The first-order valence-electron chi connectivity index (χ1n) is 7.98. The molecule has 0 radical (unpaired) electrons. The number of aromatic nitrogens is 3. The summed E-state index contributed by atoms with van der Waals surface area (Å²) < 4.78 is 12.7. The maximum absolute atomic E-state index is 6.13. The Bertz CT molecular complexity index is 659. The van der Waals surface area contributed by atoms with Gasteiger partial charge in [0.1, 0.15) is 17.4 Å². The number of nitrogens with zero attached hydrogens (tertiary/aromatic N) is 3. The number of halogens is 1. The van der Waals surface area contributed by atoms with Gasteiger partial charge in [0.15, 0.2) is 0 Å². The van der Waals surface area contributed by atoms with Crippen molar-refractivity contribution in [2.45, 2.75) is 44.2 Å². The van der Waals surface area contributed by atoms with Gasteiger partial charge in [0.25, 0.3) is 0 Å². The third-order valence-electron chi connectivity index (χ3n) is 4.57. The average molecular weight is 353 g/mol. The Labute approximate surface area is 148 Å². The van der Waals surface area contributed by atoms with E-state index in [0.29, 0.717) is 5.92 Å². The summed E-state index contributed by atoms with van der Waals surface area (Å²) in [6, 6.07) is 7.97. The third kappa shape index (κ3) is 3.71. The second kappa shape index (κ2) is 7.96. The zero-order valence-electron chi connectivity index (χ0n) is 14.3. The molecule has 1 aromatic heterocycles. The van der Waals surface area contributed by atoms with Crippen molar-refractivity contribution in [2.75, 3.05) is 14.2 Å². The Hall–Kier alpha value is -1.63. The lowest BCUT2D eigenvalue weighted by atomic mass is 9.83. The van der Waals surface area contributed by atoms with Gasteiger partial charge in [0.05, 0.1) is 18.9 Å². The lowest BCUT2D eigenvalue weighted by Gasteiger charge is -2.32. The second-order valence-corrected chi connectivity index (χ2v) is 6.08. The molecular formula is C17H25ClN4O2. The molecule has 24 heavy (non-hydrogen) atoms. The monoisotopic (exact) mass is 352 g/mol. The Kier molecular flexibility index (Phi) is 6.21. The molecule has 2 N–H and O–H groups in total. The van der Waals surface area contributed by atoms with E-state index in [1.807, 2.05) is 35.9 Å². The van der Waals surface area contributed by atoms with Crippen molar-refractivity contribution in [1.29, 1.82) is 0 Å². The van der Waals surface area contributed by atoms with Gasteiger partial charge in [-0.2, -0.15) is 5.10 Å². The lowest BCUT2D eigenvalue weighted by Crippen LogP contribution is -2.41. The predicted molar refractivity (Wildman–Crippen MR) is 95.3 cm³/mol. The molecule has 132 valence electrons. The Balaban J connectivity index is 0.00000208. The molecule has 0 unspecified atom stereocenters. The highest BCUT2D eigenvalue weighted by molar-refractivity contribution is 5.85. The third-order valence-corrected chi connectivity index (χ3v) is 4.57. The number of methoxy groups -OCH3 is 2. The first-order chi connectivity index (χ1) is 11.1. The summed E-state index contributed by atoms with van der Waals surface area (Å²) in [5, 5.41) is 4.57. The van der Waals surface area contributed by atoms with Gasteiger partial charge < -0.3 is 15.2 Å². The Morgan fingerprint density at radius 1 is 1.17 bits per heavy atom. The predicted octanol–water partition coefficient (Wildman–Crippen LogP) is 2.62. The van der Waals surface area contributed by atoms with Crippen molar-refractivity contribution in [2.24, 2.45) is 5.73 Å². The molecule has 3 rings (SSSR count). The molecule has 0 aliphatic heterocycles. The Morgan fingerprint density at radius 3 is 2.50 bits per heavy atom. The molecule has 7 heteroatoms. The van der Waals surface area contributed by atoms with Crippen LogP contribution < -0.4 is 10.5 Å². The van der Waals surface area contributed by atoms with Crippen LogP contribution in [0.15, 0.2) is 24.3 Å². The van der Waals surface area contributed by atoms with Gasteiger partial charge >= 0.3 is 0 Å². The molecule has 6 nitrogen and oxygen atoms in total. The summed E-state index contributed by atoms with van der Waals surface area (Å²) in [5.41, 5.74) is 7.13. The van der Waals surface area contributed by atoms with Gasteiger partial charge in [-0.25, -0.2) is 9.67 Å². The van der Waals surface area contributed by atoms with E-state index < -0.39 is 0 Å². The highest BCUT2D eigenvalue weighted by Crippen LogP contribution is 2.33. The van der Waals surface area contributed by atoms with Crippen LogP contribution in [0.25, 0.3) is 5.69 Å². The molecule has 0 amide bonds. The molecule has 1 fully saturated rings. The average Bonchev–Trinajstić information content (AvgIpc) is 2.97. The molecule has 0 bridgehead atoms. The quantitative estimate of drug-likeness (QED) is 0.915. The molecule has 1 heterocycles. The summed E-state index contributed by atoms with van der Waals surface area (Å²) in [5.74, 6) is 2.90. The summed E-state index contributed by atoms with van der Waals surface area (Å²) in [7, 11) is 3.39. The maximum atomic E-state index is 6.13. The van der Waals surface area contributed by atoms with E-state index in [1.54, 1.807) is 14.2 Å². The van der Waals surface area contributed by atoms with Crippen LogP contribution in [0.3, 0.4) is 0 Å². The number of nitrogens with two attached hydrogens (primary N) is 1. The number of hydrogen-bond acceptors (Lipinski definition) is 5. The fourth-order valence-electron chi connectivity index (χ4n) is 3.27. The van der Waals surface area contributed by atoms with E-state index in [0.717, 1.165) is 42.3 Å². The molecule has 1 aliphatic carbocycles. The summed E-state index contributed by atoms with van der Waals surface area (Å²) in [6.45, 7) is 1.92. The summed E-state index contributed by atoms with van der Waals surface area (Å²) in [4.78, 5) is 4.67. The van der Waals surface area contributed by atoms with Crippen molar-refractivity contribution >= 4 is 12.4 Å². The maximum Gasteiger partial charge on any atom is 0.148 e. The molecule has 0 saturated heterocycles. The fraction of sp³-hybridized carbons (Fsp3) is 0.529. The summed E-state index contributed by atoms with van der Waals surface area (Å²) in [6.07, 6.45) is 2.91. The van der Waals surface area contributed by atoms with E-state index in [4.69, 9.17) is 15.2 Å². The van der Waals surface area contributed by atoms with Crippen LogP contribution in [-0.4, -0.2) is 41.1 Å². The highest BCUT2D eigenvalue weighted by atomic mass is 35.5. The van der Waals surface area contributed by atoms with Crippen LogP contribution in [0.2, 0.25) is 0 Å². The highest BCUT2D eigenvalue weighted by Gasteiger charge is 2.32. The van der Waals surface area contributed by atoms with Gasteiger partial charge in [-0.1, -0.05) is 0 Å². The molecule has 1 aromatic carbocycles. The number of rotatable bonds is 4. The zero-order valence-corrected chi connectivity index (χ0v) is 15.1. The van der Waals surface area contributed by atoms with Crippen LogP contribution in [-0.2, 0) is 4.74 Å². The molecular weight excluding hydrogens is 328 g/mol. The van der Waals surface area contributed by atoms with E-state index in [2.05, 4.69) is 10.1 Å². The first kappa shape index (κ1) is 18.7. The van der Waals surface area contributed by atoms with Gasteiger partial charge in [-0.15, -0.1) is 12.4 Å². The van der Waals surface area contributed by atoms with Crippen LogP contribution in [0, 0.1) is 6.92 Å². The molecule has 0 spiro atoms.